The maximum absolute atomic E-state index is 9.73. The molecule has 3 aliphatic rings. The number of hydrogen-bond acceptors (Lipinski definition) is 5. The molecule has 2 aromatic heterocycles. The van der Waals surface area contributed by atoms with Gasteiger partial charge in [-0.25, -0.2) is 9.97 Å². The topological polar surface area (TPSA) is 66.2 Å². The van der Waals surface area contributed by atoms with Gasteiger partial charge in [-0.2, -0.15) is 0 Å². The molecule has 0 aromatic carbocycles. The van der Waals surface area contributed by atoms with Gasteiger partial charge in [0.25, 0.3) is 0 Å². The summed E-state index contributed by atoms with van der Waals surface area (Å²) in [7, 11) is 0. The third-order valence-corrected chi connectivity index (χ3v) is 6.55. The summed E-state index contributed by atoms with van der Waals surface area (Å²) in [5.74, 6) is 1.05. The highest BCUT2D eigenvalue weighted by atomic mass is 16.3. The van der Waals surface area contributed by atoms with Crippen LogP contribution < -0.4 is 5.32 Å². The van der Waals surface area contributed by atoms with Crippen LogP contribution in [-0.4, -0.2) is 56.8 Å². The summed E-state index contributed by atoms with van der Waals surface area (Å²) >= 11 is 0. The average Bonchev–Trinajstić information content (AvgIpc) is 3.49. The zero-order valence-corrected chi connectivity index (χ0v) is 15.4. The van der Waals surface area contributed by atoms with Crippen LogP contribution in [0.15, 0.2) is 12.4 Å². The maximum Gasteiger partial charge on any atom is 0.160 e. The molecule has 1 saturated carbocycles. The lowest BCUT2D eigenvalue weighted by Crippen LogP contribution is -2.34. The van der Waals surface area contributed by atoms with E-state index in [1.165, 1.54) is 44.3 Å². The lowest BCUT2D eigenvalue weighted by atomic mass is 9.91. The number of nitrogens with zero attached hydrogens (tertiary/aromatic N) is 4. The van der Waals surface area contributed by atoms with Gasteiger partial charge in [-0.3, -0.25) is 0 Å². The van der Waals surface area contributed by atoms with Crippen molar-refractivity contribution < 1.29 is 5.11 Å². The predicted octanol–water partition coefficient (Wildman–Crippen LogP) is 2.19. The first-order chi connectivity index (χ1) is 12.8. The Bertz CT molecular complexity index is 770. The van der Waals surface area contributed by atoms with Crippen LogP contribution in [0.25, 0.3) is 11.2 Å². The lowest BCUT2D eigenvalue weighted by Gasteiger charge is -2.31. The molecule has 1 aliphatic carbocycles. The van der Waals surface area contributed by atoms with E-state index in [-0.39, 0.29) is 6.73 Å². The van der Waals surface area contributed by atoms with Crippen molar-refractivity contribution in [2.45, 2.75) is 63.1 Å². The zero-order valence-electron chi connectivity index (χ0n) is 15.4. The van der Waals surface area contributed by atoms with E-state index < -0.39 is 0 Å². The Morgan fingerprint density at radius 3 is 2.50 bits per heavy atom. The Balaban J connectivity index is 1.44. The molecule has 0 unspecified atom stereocenters. The van der Waals surface area contributed by atoms with E-state index in [1.807, 2.05) is 10.8 Å². The van der Waals surface area contributed by atoms with Crippen LogP contribution in [0.3, 0.4) is 0 Å². The molecule has 140 valence electrons. The fourth-order valence-electron chi connectivity index (χ4n) is 4.83. The number of rotatable bonds is 4. The number of hydrogen-bond donors (Lipinski definition) is 2. The van der Waals surface area contributed by atoms with Gasteiger partial charge in [-0.1, -0.05) is 0 Å². The van der Waals surface area contributed by atoms with E-state index in [4.69, 9.17) is 9.97 Å². The minimum absolute atomic E-state index is 0.0325. The summed E-state index contributed by atoms with van der Waals surface area (Å²) in [6, 6.07) is 0.870. The normalized spacial score (nSPS) is 23.7. The molecule has 2 aliphatic heterocycles. The Labute approximate surface area is 154 Å². The minimum atomic E-state index is -0.0325. The first kappa shape index (κ1) is 16.7. The SMILES string of the molecule is OCn1cc(C2CCNCC2)c2nc(C3CCN(C4CC4)CC3)cnc21. The van der Waals surface area contributed by atoms with Crippen molar-refractivity contribution in [1.82, 2.24) is 24.8 Å². The van der Waals surface area contributed by atoms with Crippen LogP contribution >= 0.6 is 0 Å². The van der Waals surface area contributed by atoms with Crippen LogP contribution in [0, 0.1) is 0 Å². The van der Waals surface area contributed by atoms with E-state index in [0.29, 0.717) is 11.8 Å². The quantitative estimate of drug-likeness (QED) is 0.880. The summed E-state index contributed by atoms with van der Waals surface area (Å²) in [4.78, 5) is 12.5. The second-order valence-electron chi connectivity index (χ2n) is 8.23. The fraction of sp³-hybridized carbons (Fsp3) is 0.700. The van der Waals surface area contributed by atoms with E-state index in [1.54, 1.807) is 0 Å². The largest absolute Gasteiger partial charge is 0.376 e. The summed E-state index contributed by atoms with van der Waals surface area (Å²) in [5.41, 5.74) is 4.28. The van der Waals surface area contributed by atoms with Crippen molar-refractivity contribution in [2.24, 2.45) is 0 Å². The highest BCUT2D eigenvalue weighted by Crippen LogP contribution is 2.36. The van der Waals surface area contributed by atoms with Crippen LogP contribution in [-0.2, 0) is 6.73 Å². The fourth-order valence-corrected chi connectivity index (χ4v) is 4.83. The molecule has 2 aromatic rings. The van der Waals surface area contributed by atoms with Crippen LogP contribution in [0.2, 0.25) is 0 Å². The van der Waals surface area contributed by atoms with Gasteiger partial charge in [0.1, 0.15) is 12.2 Å². The summed E-state index contributed by atoms with van der Waals surface area (Å²) in [6.07, 6.45) is 11.5. The van der Waals surface area contributed by atoms with Gasteiger partial charge in [-0.05, 0) is 70.6 Å². The molecule has 6 heteroatoms. The van der Waals surface area contributed by atoms with Crippen LogP contribution in [0.1, 0.15) is 61.6 Å². The zero-order chi connectivity index (χ0) is 17.5. The highest BCUT2D eigenvalue weighted by Gasteiger charge is 2.33. The van der Waals surface area contributed by atoms with Crippen LogP contribution in [0.5, 0.6) is 0 Å². The number of aliphatic hydroxyl groups excluding tert-OH is 1. The lowest BCUT2D eigenvalue weighted by molar-refractivity contribution is 0.202. The highest BCUT2D eigenvalue weighted by molar-refractivity contribution is 5.76. The molecule has 26 heavy (non-hydrogen) atoms. The third kappa shape index (κ3) is 3.04. The first-order valence-electron chi connectivity index (χ1n) is 10.2. The molecule has 0 bridgehead atoms. The van der Waals surface area contributed by atoms with Crippen molar-refractivity contribution in [1.29, 1.82) is 0 Å². The molecule has 3 fully saturated rings. The second kappa shape index (κ2) is 6.91. The van der Waals surface area contributed by atoms with E-state index in [0.717, 1.165) is 48.8 Å². The van der Waals surface area contributed by atoms with Crippen molar-refractivity contribution in [3.63, 3.8) is 0 Å². The monoisotopic (exact) mass is 355 g/mol. The van der Waals surface area contributed by atoms with E-state index in [2.05, 4.69) is 16.4 Å². The number of nitrogens with one attached hydrogen (secondary N) is 1. The Hall–Kier alpha value is -1.50. The number of fused-ring (bicyclic) bond motifs is 1. The smallest absolute Gasteiger partial charge is 0.160 e. The van der Waals surface area contributed by atoms with Gasteiger partial charge in [0.05, 0.1) is 11.9 Å². The summed E-state index contributed by atoms with van der Waals surface area (Å²) < 4.78 is 1.85. The first-order valence-corrected chi connectivity index (χ1v) is 10.2. The summed E-state index contributed by atoms with van der Waals surface area (Å²) in [6.45, 7) is 4.49. The molecular weight excluding hydrogens is 326 g/mol. The molecule has 0 radical (unpaired) electrons. The molecule has 2 N–H and O–H groups in total. The predicted molar refractivity (Wildman–Crippen MR) is 101 cm³/mol. The Morgan fingerprint density at radius 2 is 1.81 bits per heavy atom. The molecule has 0 spiro atoms. The van der Waals surface area contributed by atoms with Gasteiger partial charge < -0.3 is 19.9 Å². The number of piperidine rings is 2. The van der Waals surface area contributed by atoms with E-state index >= 15 is 0 Å². The number of aliphatic hydroxyl groups is 1. The molecular formula is C20H29N5O. The second-order valence-corrected chi connectivity index (χ2v) is 8.23. The molecule has 2 saturated heterocycles. The van der Waals surface area contributed by atoms with Gasteiger partial charge in [0, 0.05) is 23.7 Å². The standard InChI is InChI=1S/C20H29N5O/c26-13-25-12-17(14-3-7-21-8-4-14)19-20(25)22-11-18(23-19)15-5-9-24(10-6-15)16-1-2-16/h11-12,14-16,21,26H,1-10,13H2. The third-order valence-electron chi connectivity index (χ3n) is 6.55. The van der Waals surface area contributed by atoms with Gasteiger partial charge in [0.2, 0.25) is 0 Å². The number of likely N-dealkylation sites (tertiary alicyclic amines) is 1. The van der Waals surface area contributed by atoms with Crippen molar-refractivity contribution in [2.75, 3.05) is 26.2 Å². The number of aromatic nitrogens is 3. The Kier molecular flexibility index (Phi) is 4.43. The van der Waals surface area contributed by atoms with Gasteiger partial charge in [-0.15, -0.1) is 0 Å². The molecule has 0 amide bonds. The summed E-state index contributed by atoms with van der Waals surface area (Å²) in [5, 5.41) is 13.2. The van der Waals surface area contributed by atoms with Crippen LogP contribution in [0.4, 0.5) is 0 Å². The molecule has 6 nitrogen and oxygen atoms in total. The van der Waals surface area contributed by atoms with Gasteiger partial charge >= 0.3 is 0 Å². The minimum Gasteiger partial charge on any atom is -0.376 e. The van der Waals surface area contributed by atoms with Crippen molar-refractivity contribution >= 4 is 11.2 Å². The maximum atomic E-state index is 9.73. The molecule has 5 rings (SSSR count). The van der Waals surface area contributed by atoms with Gasteiger partial charge in [0.15, 0.2) is 5.65 Å². The molecule has 4 heterocycles. The molecule has 0 atom stereocenters. The average molecular weight is 355 g/mol. The van der Waals surface area contributed by atoms with E-state index in [9.17, 15) is 5.11 Å². The van der Waals surface area contributed by atoms with Crippen molar-refractivity contribution in [3.8, 4) is 0 Å². The Morgan fingerprint density at radius 1 is 1.04 bits per heavy atom. The van der Waals surface area contributed by atoms with Crippen molar-refractivity contribution in [3.05, 3.63) is 23.7 Å².